The number of hydrogen-bond acceptors (Lipinski definition) is 4. The van der Waals surface area contributed by atoms with Crippen LogP contribution in [-0.2, 0) is 18.4 Å². The van der Waals surface area contributed by atoms with Crippen molar-refractivity contribution in [1.82, 2.24) is 19.3 Å². The quantitative estimate of drug-likeness (QED) is 0.770. The minimum Gasteiger partial charge on any atom is -0.323 e. The van der Waals surface area contributed by atoms with E-state index in [4.69, 9.17) is 0 Å². The zero-order valence-corrected chi connectivity index (χ0v) is 15.3. The average Bonchev–Trinajstić information content (AvgIpc) is 3.09. The number of carbonyl (C=O) groups excluding carboxylic acids is 1. The van der Waals surface area contributed by atoms with Gasteiger partial charge in [0.1, 0.15) is 0 Å². The molecule has 4 rings (SSSR count). The topological polar surface area (TPSA) is 81.8 Å². The Labute approximate surface area is 157 Å². The summed E-state index contributed by atoms with van der Waals surface area (Å²) in [6.07, 6.45) is 8.64. The minimum atomic E-state index is 0.0112. The van der Waals surface area contributed by atoms with Crippen LogP contribution in [0.2, 0.25) is 0 Å². The van der Waals surface area contributed by atoms with E-state index in [-0.39, 0.29) is 17.4 Å². The predicted molar refractivity (Wildman–Crippen MR) is 103 cm³/mol. The van der Waals surface area contributed by atoms with E-state index in [0.29, 0.717) is 17.8 Å². The van der Waals surface area contributed by atoms with Crippen LogP contribution in [0, 0.1) is 11.8 Å². The molecule has 1 N–H and O–H groups in total. The Morgan fingerprint density at radius 1 is 1.22 bits per heavy atom. The highest BCUT2D eigenvalue weighted by Gasteiger charge is 2.27. The Hall–Kier alpha value is -2.96. The smallest absolute Gasteiger partial charge is 0.261 e. The van der Waals surface area contributed by atoms with Crippen LogP contribution in [0.3, 0.4) is 0 Å². The van der Waals surface area contributed by atoms with Gasteiger partial charge in [-0.3, -0.25) is 18.8 Å². The Kier molecular flexibility index (Phi) is 4.75. The first kappa shape index (κ1) is 17.5. The fraction of sp³-hybridized carbons (Fsp3) is 0.400. The van der Waals surface area contributed by atoms with Gasteiger partial charge in [-0.25, -0.2) is 4.98 Å². The first-order valence-corrected chi connectivity index (χ1v) is 9.34. The van der Waals surface area contributed by atoms with Crippen LogP contribution >= 0.6 is 0 Å². The molecule has 1 aliphatic rings. The Balaban J connectivity index is 1.36. The average molecular weight is 365 g/mol. The van der Waals surface area contributed by atoms with Crippen LogP contribution in [-0.4, -0.2) is 25.2 Å². The minimum absolute atomic E-state index is 0.0112. The summed E-state index contributed by atoms with van der Waals surface area (Å²) in [7, 11) is 1.82. The van der Waals surface area contributed by atoms with Crippen LogP contribution in [0.5, 0.6) is 0 Å². The second kappa shape index (κ2) is 7.34. The van der Waals surface area contributed by atoms with Gasteiger partial charge in [0.2, 0.25) is 5.91 Å². The summed E-state index contributed by atoms with van der Waals surface area (Å²) in [6.45, 7) is 0.660. The largest absolute Gasteiger partial charge is 0.323 e. The molecule has 2 aromatic heterocycles. The van der Waals surface area contributed by atoms with Crippen molar-refractivity contribution in [3.8, 4) is 0 Å². The monoisotopic (exact) mass is 365 g/mol. The van der Waals surface area contributed by atoms with Crippen molar-refractivity contribution >= 4 is 22.5 Å². The van der Waals surface area contributed by atoms with E-state index in [1.54, 1.807) is 28.0 Å². The standard InChI is InChI=1S/C20H23N5O2/c1-24-12-16(10-22-24)23-19(26)15-8-6-14(7-9-15)11-25-13-21-18-5-3-2-4-17(18)20(25)27/h2-5,10,12-15H,6-9,11H2,1H3,(H,23,26). The maximum absolute atomic E-state index is 12.6. The third-order valence-corrected chi connectivity index (χ3v) is 5.38. The summed E-state index contributed by atoms with van der Waals surface area (Å²) in [6, 6.07) is 7.42. The lowest BCUT2D eigenvalue weighted by Crippen LogP contribution is -2.30. The number of nitrogens with one attached hydrogen (secondary N) is 1. The molecule has 0 atom stereocenters. The molecule has 7 nitrogen and oxygen atoms in total. The molecule has 0 spiro atoms. The van der Waals surface area contributed by atoms with Gasteiger partial charge in [-0.2, -0.15) is 5.10 Å². The number of rotatable bonds is 4. The van der Waals surface area contributed by atoms with Crippen molar-refractivity contribution in [2.45, 2.75) is 32.2 Å². The summed E-state index contributed by atoms with van der Waals surface area (Å²) in [4.78, 5) is 29.5. The number of benzene rings is 1. The molecule has 2 heterocycles. The second-order valence-corrected chi connectivity index (χ2v) is 7.33. The fourth-order valence-corrected chi connectivity index (χ4v) is 3.85. The first-order valence-electron chi connectivity index (χ1n) is 9.34. The summed E-state index contributed by atoms with van der Waals surface area (Å²) in [5, 5.41) is 7.66. The number of amides is 1. The SMILES string of the molecule is Cn1cc(NC(=O)C2CCC(Cn3cnc4ccccc4c3=O)CC2)cn1. The van der Waals surface area contributed by atoms with Gasteiger partial charge in [0.25, 0.3) is 5.56 Å². The number of fused-ring (bicyclic) bond motifs is 1. The van der Waals surface area contributed by atoms with Gasteiger partial charge in [0.05, 0.1) is 29.1 Å². The molecule has 0 radical (unpaired) electrons. The first-order chi connectivity index (χ1) is 13.1. The van der Waals surface area contributed by atoms with Crippen molar-refractivity contribution in [1.29, 1.82) is 0 Å². The van der Waals surface area contributed by atoms with Gasteiger partial charge in [0.15, 0.2) is 0 Å². The van der Waals surface area contributed by atoms with E-state index in [2.05, 4.69) is 15.4 Å². The van der Waals surface area contributed by atoms with E-state index >= 15 is 0 Å². The van der Waals surface area contributed by atoms with Crippen LogP contribution in [0.15, 0.2) is 47.8 Å². The molecule has 1 amide bonds. The van der Waals surface area contributed by atoms with E-state index in [9.17, 15) is 9.59 Å². The number of anilines is 1. The van der Waals surface area contributed by atoms with Crippen LogP contribution in [0.1, 0.15) is 25.7 Å². The Morgan fingerprint density at radius 3 is 2.74 bits per heavy atom. The molecule has 1 aliphatic carbocycles. The van der Waals surface area contributed by atoms with Gasteiger partial charge in [-0.15, -0.1) is 0 Å². The highest BCUT2D eigenvalue weighted by molar-refractivity contribution is 5.92. The van der Waals surface area contributed by atoms with Crippen molar-refractivity contribution in [3.05, 3.63) is 53.3 Å². The molecule has 3 aromatic rings. The summed E-state index contributed by atoms with van der Waals surface area (Å²) in [5.41, 5.74) is 1.48. The fourth-order valence-electron chi connectivity index (χ4n) is 3.85. The van der Waals surface area contributed by atoms with Crippen molar-refractivity contribution in [3.63, 3.8) is 0 Å². The predicted octanol–water partition coefficient (Wildman–Crippen LogP) is 2.58. The second-order valence-electron chi connectivity index (χ2n) is 7.33. The maximum Gasteiger partial charge on any atom is 0.261 e. The number of hydrogen-bond donors (Lipinski definition) is 1. The molecular formula is C20H23N5O2. The number of aromatic nitrogens is 4. The van der Waals surface area contributed by atoms with E-state index < -0.39 is 0 Å². The summed E-state index contributed by atoms with van der Waals surface area (Å²) in [5.74, 6) is 0.479. The van der Waals surface area contributed by atoms with E-state index in [1.165, 1.54) is 0 Å². The number of carbonyl (C=O) groups is 1. The zero-order chi connectivity index (χ0) is 18.8. The molecule has 27 heavy (non-hydrogen) atoms. The number of para-hydroxylation sites is 1. The zero-order valence-electron chi connectivity index (χ0n) is 15.3. The lowest BCUT2D eigenvalue weighted by molar-refractivity contribution is -0.121. The summed E-state index contributed by atoms with van der Waals surface area (Å²) >= 11 is 0. The molecule has 7 heteroatoms. The molecule has 1 saturated carbocycles. The Bertz CT molecular complexity index is 1010. The third kappa shape index (κ3) is 3.77. The van der Waals surface area contributed by atoms with Crippen molar-refractivity contribution in [2.75, 3.05) is 5.32 Å². The molecule has 0 bridgehead atoms. The van der Waals surface area contributed by atoms with Gasteiger partial charge in [-0.1, -0.05) is 12.1 Å². The molecule has 0 saturated heterocycles. The van der Waals surface area contributed by atoms with Crippen LogP contribution < -0.4 is 10.9 Å². The van der Waals surface area contributed by atoms with Crippen LogP contribution in [0.4, 0.5) is 5.69 Å². The van der Waals surface area contributed by atoms with Gasteiger partial charge < -0.3 is 5.32 Å². The van der Waals surface area contributed by atoms with Gasteiger partial charge in [-0.05, 0) is 43.7 Å². The third-order valence-electron chi connectivity index (χ3n) is 5.38. The molecule has 1 aromatic carbocycles. The lowest BCUT2D eigenvalue weighted by Gasteiger charge is -2.28. The number of nitrogens with zero attached hydrogens (tertiary/aromatic N) is 4. The molecular weight excluding hydrogens is 342 g/mol. The molecule has 0 unspecified atom stereocenters. The highest BCUT2D eigenvalue weighted by atomic mass is 16.2. The maximum atomic E-state index is 12.6. The lowest BCUT2D eigenvalue weighted by atomic mass is 9.81. The van der Waals surface area contributed by atoms with E-state index in [0.717, 1.165) is 36.9 Å². The normalized spacial score (nSPS) is 19.9. The molecule has 1 fully saturated rings. The van der Waals surface area contributed by atoms with E-state index in [1.807, 2.05) is 31.3 Å². The van der Waals surface area contributed by atoms with Crippen molar-refractivity contribution < 1.29 is 4.79 Å². The highest BCUT2D eigenvalue weighted by Crippen LogP contribution is 2.30. The number of aryl methyl sites for hydroxylation is 1. The van der Waals surface area contributed by atoms with Crippen LogP contribution in [0.25, 0.3) is 10.9 Å². The molecule has 0 aliphatic heterocycles. The Morgan fingerprint density at radius 2 is 2.00 bits per heavy atom. The molecule has 140 valence electrons. The van der Waals surface area contributed by atoms with Gasteiger partial charge in [0, 0.05) is 25.7 Å². The van der Waals surface area contributed by atoms with Gasteiger partial charge >= 0.3 is 0 Å². The summed E-state index contributed by atoms with van der Waals surface area (Å²) < 4.78 is 3.38. The van der Waals surface area contributed by atoms with Crippen molar-refractivity contribution in [2.24, 2.45) is 18.9 Å².